The lowest BCUT2D eigenvalue weighted by Gasteiger charge is -2.25. The van der Waals surface area contributed by atoms with Gasteiger partial charge in [-0.25, -0.2) is 9.18 Å². The predicted octanol–water partition coefficient (Wildman–Crippen LogP) is 3.28. The number of nitrogens with zero attached hydrogens (tertiary/aromatic N) is 2. The monoisotopic (exact) mass is 316 g/mol. The Morgan fingerprint density at radius 2 is 2.09 bits per heavy atom. The maximum atomic E-state index is 12.9. The van der Waals surface area contributed by atoms with Crippen LogP contribution in [0, 0.1) is 5.82 Å². The van der Waals surface area contributed by atoms with E-state index in [-0.39, 0.29) is 17.9 Å². The van der Waals surface area contributed by atoms with E-state index in [1.54, 1.807) is 12.1 Å². The molecule has 0 saturated heterocycles. The number of hydrogen-bond acceptors (Lipinski definition) is 2. The quantitative estimate of drug-likeness (QED) is 0.913. The zero-order chi connectivity index (χ0) is 16.4. The van der Waals surface area contributed by atoms with Gasteiger partial charge in [-0.05, 0) is 56.5 Å². The van der Waals surface area contributed by atoms with E-state index >= 15 is 0 Å². The van der Waals surface area contributed by atoms with Gasteiger partial charge in [-0.3, -0.25) is 4.68 Å². The number of nitrogens with one attached hydrogen (secondary N) is 2. The largest absolute Gasteiger partial charge is 0.335 e. The maximum Gasteiger partial charge on any atom is 0.319 e. The van der Waals surface area contributed by atoms with E-state index in [2.05, 4.69) is 29.6 Å². The van der Waals surface area contributed by atoms with Gasteiger partial charge < -0.3 is 10.6 Å². The molecule has 1 aliphatic rings. The molecule has 2 N–H and O–H groups in total. The van der Waals surface area contributed by atoms with Crippen molar-refractivity contribution in [1.29, 1.82) is 0 Å². The molecule has 3 rings (SSSR count). The highest BCUT2D eigenvalue weighted by molar-refractivity contribution is 5.89. The highest BCUT2D eigenvalue weighted by atomic mass is 19.1. The number of benzene rings is 1. The van der Waals surface area contributed by atoms with Gasteiger partial charge in [0.05, 0.1) is 6.20 Å². The van der Waals surface area contributed by atoms with Crippen LogP contribution in [0.25, 0.3) is 0 Å². The third-order valence-electron chi connectivity index (χ3n) is 4.11. The van der Waals surface area contributed by atoms with Crippen LogP contribution in [-0.4, -0.2) is 21.9 Å². The lowest BCUT2D eigenvalue weighted by atomic mass is 9.93. The van der Waals surface area contributed by atoms with Crippen molar-refractivity contribution in [3.05, 3.63) is 47.5 Å². The highest BCUT2D eigenvalue weighted by Gasteiger charge is 2.24. The smallest absolute Gasteiger partial charge is 0.319 e. The van der Waals surface area contributed by atoms with Gasteiger partial charge in [-0.15, -0.1) is 0 Å². The molecule has 1 aromatic carbocycles. The van der Waals surface area contributed by atoms with E-state index in [1.165, 1.54) is 23.4 Å². The molecule has 1 aromatic heterocycles. The summed E-state index contributed by atoms with van der Waals surface area (Å²) in [5.41, 5.74) is 3.06. The normalized spacial score (nSPS) is 17.0. The Labute approximate surface area is 134 Å². The summed E-state index contributed by atoms with van der Waals surface area (Å²) in [5.74, 6) is -0.322. The topological polar surface area (TPSA) is 59.0 Å². The average molecular weight is 316 g/mol. The van der Waals surface area contributed by atoms with Crippen molar-refractivity contribution in [2.24, 2.45) is 0 Å². The van der Waals surface area contributed by atoms with Crippen LogP contribution < -0.4 is 10.6 Å². The van der Waals surface area contributed by atoms with Crippen molar-refractivity contribution in [2.45, 2.75) is 45.2 Å². The molecule has 0 saturated carbocycles. The standard InChI is InChI=1S/C17H21FN4O/c1-11(2)22-16-9-15(6-3-12(16)10-19-22)21-17(23)20-14-7-4-13(18)5-8-14/h4-5,7-8,10-11,15H,3,6,9H2,1-2H3,(H2,20,21,23)/t15-/m1/s1. The van der Waals surface area contributed by atoms with E-state index in [0.717, 1.165) is 19.3 Å². The van der Waals surface area contributed by atoms with Crippen LogP contribution in [0.3, 0.4) is 0 Å². The number of hydrogen-bond donors (Lipinski definition) is 2. The van der Waals surface area contributed by atoms with Crippen molar-refractivity contribution in [1.82, 2.24) is 15.1 Å². The molecule has 0 bridgehead atoms. The molecule has 2 aromatic rings. The highest BCUT2D eigenvalue weighted by Crippen LogP contribution is 2.23. The van der Waals surface area contributed by atoms with Crippen molar-refractivity contribution in [2.75, 3.05) is 5.32 Å². The molecular formula is C17H21FN4O. The van der Waals surface area contributed by atoms with Crippen molar-refractivity contribution in [3.63, 3.8) is 0 Å². The van der Waals surface area contributed by atoms with E-state index in [9.17, 15) is 9.18 Å². The predicted molar refractivity (Wildman–Crippen MR) is 87.0 cm³/mol. The second kappa shape index (κ2) is 6.40. The van der Waals surface area contributed by atoms with Gasteiger partial charge in [-0.1, -0.05) is 0 Å². The molecule has 5 nitrogen and oxygen atoms in total. The molecule has 1 atom stereocenters. The minimum absolute atomic E-state index is 0.0807. The van der Waals surface area contributed by atoms with Crippen LogP contribution in [0.2, 0.25) is 0 Å². The van der Waals surface area contributed by atoms with Gasteiger partial charge in [-0.2, -0.15) is 5.10 Å². The van der Waals surface area contributed by atoms with Crippen LogP contribution in [-0.2, 0) is 12.8 Å². The fourth-order valence-electron chi connectivity index (χ4n) is 2.98. The minimum Gasteiger partial charge on any atom is -0.335 e. The van der Waals surface area contributed by atoms with E-state index in [4.69, 9.17) is 0 Å². The van der Waals surface area contributed by atoms with E-state index in [0.29, 0.717) is 11.7 Å². The van der Waals surface area contributed by atoms with Gasteiger partial charge >= 0.3 is 6.03 Å². The van der Waals surface area contributed by atoms with Gasteiger partial charge in [0.2, 0.25) is 0 Å². The Morgan fingerprint density at radius 3 is 2.78 bits per heavy atom. The number of anilines is 1. The van der Waals surface area contributed by atoms with Gasteiger partial charge in [0.15, 0.2) is 0 Å². The number of halogens is 1. The van der Waals surface area contributed by atoms with Gasteiger partial charge in [0, 0.05) is 29.9 Å². The molecule has 1 heterocycles. The first-order valence-corrected chi connectivity index (χ1v) is 7.91. The summed E-state index contributed by atoms with van der Waals surface area (Å²) < 4.78 is 14.9. The molecule has 2 amide bonds. The molecule has 122 valence electrons. The Bertz CT molecular complexity index is 693. The lowest BCUT2D eigenvalue weighted by molar-refractivity contribution is 0.247. The molecule has 0 fully saturated rings. The zero-order valence-corrected chi connectivity index (χ0v) is 13.3. The Hall–Kier alpha value is -2.37. The maximum absolute atomic E-state index is 12.9. The first-order valence-electron chi connectivity index (χ1n) is 7.91. The molecule has 0 radical (unpaired) electrons. The third-order valence-corrected chi connectivity index (χ3v) is 4.11. The Kier molecular flexibility index (Phi) is 4.32. The first kappa shape index (κ1) is 15.5. The van der Waals surface area contributed by atoms with E-state index in [1.807, 2.05) is 10.9 Å². The number of carbonyl (C=O) groups is 1. The zero-order valence-electron chi connectivity index (χ0n) is 13.3. The summed E-state index contributed by atoms with van der Waals surface area (Å²) in [6.45, 7) is 4.21. The SMILES string of the molecule is CC(C)n1ncc2c1C[C@H](NC(=O)Nc1ccc(F)cc1)CC2. The third kappa shape index (κ3) is 3.52. The van der Waals surface area contributed by atoms with Crippen LogP contribution in [0.4, 0.5) is 14.9 Å². The van der Waals surface area contributed by atoms with Crippen LogP contribution in [0.5, 0.6) is 0 Å². The number of rotatable bonds is 3. The van der Waals surface area contributed by atoms with Crippen LogP contribution >= 0.6 is 0 Å². The fraction of sp³-hybridized carbons (Fsp3) is 0.412. The summed E-state index contributed by atoms with van der Waals surface area (Å²) in [6, 6.07) is 5.86. The summed E-state index contributed by atoms with van der Waals surface area (Å²) in [5, 5.41) is 10.2. The van der Waals surface area contributed by atoms with Crippen molar-refractivity contribution in [3.8, 4) is 0 Å². The molecule has 1 aliphatic carbocycles. The summed E-state index contributed by atoms with van der Waals surface area (Å²) >= 11 is 0. The number of fused-ring (bicyclic) bond motifs is 1. The number of aryl methyl sites for hydroxylation is 1. The number of carbonyl (C=O) groups excluding carboxylic acids is 1. The van der Waals surface area contributed by atoms with Crippen LogP contribution in [0.1, 0.15) is 37.6 Å². The fourth-order valence-corrected chi connectivity index (χ4v) is 2.98. The second-order valence-electron chi connectivity index (χ2n) is 6.20. The molecule has 0 spiro atoms. The molecule has 0 aliphatic heterocycles. The van der Waals surface area contributed by atoms with Crippen molar-refractivity contribution >= 4 is 11.7 Å². The molecule has 6 heteroatoms. The second-order valence-corrected chi connectivity index (χ2v) is 6.20. The Morgan fingerprint density at radius 1 is 1.35 bits per heavy atom. The number of amides is 2. The minimum atomic E-state index is -0.322. The average Bonchev–Trinajstić information content (AvgIpc) is 2.93. The molecule has 0 unspecified atom stereocenters. The molecular weight excluding hydrogens is 295 g/mol. The number of aromatic nitrogens is 2. The first-order chi connectivity index (χ1) is 11.0. The summed E-state index contributed by atoms with van der Waals surface area (Å²) in [7, 11) is 0. The van der Waals surface area contributed by atoms with Crippen LogP contribution in [0.15, 0.2) is 30.5 Å². The summed E-state index contributed by atoms with van der Waals surface area (Å²) in [6.07, 6.45) is 4.53. The lowest BCUT2D eigenvalue weighted by Crippen LogP contribution is -2.41. The Balaban J connectivity index is 1.61. The van der Waals surface area contributed by atoms with Gasteiger partial charge in [0.25, 0.3) is 0 Å². The van der Waals surface area contributed by atoms with Crippen molar-refractivity contribution < 1.29 is 9.18 Å². The van der Waals surface area contributed by atoms with Gasteiger partial charge in [0.1, 0.15) is 5.82 Å². The van der Waals surface area contributed by atoms with E-state index < -0.39 is 0 Å². The number of urea groups is 1. The molecule has 23 heavy (non-hydrogen) atoms. The summed E-state index contributed by atoms with van der Waals surface area (Å²) in [4.78, 5) is 12.1.